The molecule has 0 saturated heterocycles. The van der Waals surface area contributed by atoms with Crippen LogP contribution in [0.4, 0.5) is 10.5 Å². The number of ether oxygens (including phenoxy) is 1. The van der Waals surface area contributed by atoms with E-state index in [0.29, 0.717) is 30.5 Å². The molecule has 2 N–H and O–H groups in total. The number of anilines is 1. The number of benzene rings is 1. The van der Waals surface area contributed by atoms with Gasteiger partial charge in [-0.15, -0.1) is 0 Å². The highest BCUT2D eigenvalue weighted by Crippen LogP contribution is 2.24. The van der Waals surface area contributed by atoms with Crippen molar-refractivity contribution in [2.24, 2.45) is 5.92 Å². The normalized spacial score (nSPS) is 10.8. The second-order valence-corrected chi connectivity index (χ2v) is 5.61. The van der Waals surface area contributed by atoms with Gasteiger partial charge in [0.25, 0.3) is 0 Å². The lowest BCUT2D eigenvalue weighted by molar-refractivity contribution is 0.247. The number of carbonyl (C=O) groups is 1. The Bertz CT molecular complexity index is 445. The quantitative estimate of drug-likeness (QED) is 0.736. The van der Waals surface area contributed by atoms with E-state index in [0.717, 1.165) is 19.6 Å². The Morgan fingerprint density at radius 1 is 1.23 bits per heavy atom. The summed E-state index contributed by atoms with van der Waals surface area (Å²) in [5, 5.41) is 5.73. The molecule has 0 unspecified atom stereocenters. The van der Waals surface area contributed by atoms with E-state index >= 15 is 0 Å². The topological polar surface area (TPSA) is 53.6 Å². The number of amides is 2. The summed E-state index contributed by atoms with van der Waals surface area (Å²) in [6.07, 6.45) is 0. The van der Waals surface area contributed by atoms with Crippen LogP contribution in [0.2, 0.25) is 0 Å². The molecule has 22 heavy (non-hydrogen) atoms. The van der Waals surface area contributed by atoms with Crippen LogP contribution < -0.4 is 15.4 Å². The molecule has 5 nitrogen and oxygen atoms in total. The summed E-state index contributed by atoms with van der Waals surface area (Å²) in [6, 6.07) is 7.30. The largest absolute Gasteiger partial charge is 0.491 e. The van der Waals surface area contributed by atoms with E-state index < -0.39 is 0 Å². The molecule has 2 amide bonds. The Morgan fingerprint density at radius 3 is 2.55 bits per heavy atom. The molecular formula is C17H29N3O2. The molecule has 1 rings (SSSR count). The molecule has 0 fully saturated rings. The van der Waals surface area contributed by atoms with Gasteiger partial charge in [-0.1, -0.05) is 39.8 Å². The lowest BCUT2D eigenvalue weighted by Crippen LogP contribution is -2.36. The lowest BCUT2D eigenvalue weighted by Gasteiger charge is -2.18. The van der Waals surface area contributed by atoms with Gasteiger partial charge in [-0.05, 0) is 31.1 Å². The highest BCUT2D eigenvalue weighted by atomic mass is 16.5. The molecule has 0 bridgehead atoms. The molecule has 0 aliphatic carbocycles. The molecule has 0 atom stereocenters. The summed E-state index contributed by atoms with van der Waals surface area (Å²) >= 11 is 0. The van der Waals surface area contributed by atoms with Crippen molar-refractivity contribution in [1.82, 2.24) is 10.2 Å². The van der Waals surface area contributed by atoms with Crippen LogP contribution in [-0.2, 0) is 0 Å². The maximum atomic E-state index is 12.0. The van der Waals surface area contributed by atoms with Gasteiger partial charge < -0.3 is 20.3 Å². The number of nitrogens with one attached hydrogen (secondary N) is 2. The molecule has 5 heteroatoms. The molecule has 0 spiro atoms. The van der Waals surface area contributed by atoms with E-state index in [1.165, 1.54) is 0 Å². The standard InChI is InChI=1S/C17H29N3O2/c1-5-20(6-2)12-11-18-17(21)19-15-9-7-8-10-16(15)22-13-14(3)4/h7-10,14H,5-6,11-13H2,1-4H3,(H2,18,19,21). The van der Waals surface area contributed by atoms with Crippen molar-refractivity contribution in [2.45, 2.75) is 27.7 Å². The second-order valence-electron chi connectivity index (χ2n) is 5.61. The van der Waals surface area contributed by atoms with Gasteiger partial charge in [0.1, 0.15) is 5.75 Å². The number of hydrogen-bond donors (Lipinski definition) is 2. The average molecular weight is 307 g/mol. The van der Waals surface area contributed by atoms with E-state index in [4.69, 9.17) is 4.74 Å². The number of nitrogens with zero attached hydrogens (tertiary/aromatic N) is 1. The van der Waals surface area contributed by atoms with Gasteiger partial charge in [0.15, 0.2) is 0 Å². The molecule has 1 aromatic carbocycles. The first-order chi connectivity index (χ1) is 10.6. The zero-order chi connectivity index (χ0) is 16.4. The first kappa shape index (κ1) is 18.3. The Morgan fingerprint density at radius 2 is 1.91 bits per heavy atom. The van der Waals surface area contributed by atoms with E-state index in [1.807, 2.05) is 24.3 Å². The van der Waals surface area contributed by atoms with Crippen LogP contribution in [0.15, 0.2) is 24.3 Å². The van der Waals surface area contributed by atoms with E-state index in [9.17, 15) is 4.79 Å². The number of rotatable bonds is 9. The van der Waals surface area contributed by atoms with E-state index in [-0.39, 0.29) is 6.03 Å². The van der Waals surface area contributed by atoms with Crippen LogP contribution in [-0.4, -0.2) is 43.7 Å². The Hall–Kier alpha value is -1.75. The molecule has 0 heterocycles. The first-order valence-corrected chi connectivity index (χ1v) is 8.05. The molecular weight excluding hydrogens is 278 g/mol. The number of hydrogen-bond acceptors (Lipinski definition) is 3. The Balaban J connectivity index is 2.46. The minimum absolute atomic E-state index is 0.201. The van der Waals surface area contributed by atoms with Gasteiger partial charge in [-0.25, -0.2) is 4.79 Å². The number of para-hydroxylation sites is 2. The maximum absolute atomic E-state index is 12.0. The van der Waals surface area contributed by atoms with Crippen LogP contribution in [0.25, 0.3) is 0 Å². The van der Waals surface area contributed by atoms with Gasteiger partial charge in [0, 0.05) is 13.1 Å². The fourth-order valence-electron chi connectivity index (χ4n) is 1.99. The van der Waals surface area contributed by atoms with Gasteiger partial charge in [-0.2, -0.15) is 0 Å². The number of urea groups is 1. The highest BCUT2D eigenvalue weighted by molar-refractivity contribution is 5.90. The SMILES string of the molecule is CCN(CC)CCNC(=O)Nc1ccccc1OCC(C)C. The van der Waals surface area contributed by atoms with Crippen molar-refractivity contribution >= 4 is 11.7 Å². The third-order valence-electron chi connectivity index (χ3n) is 3.32. The van der Waals surface area contributed by atoms with Crippen molar-refractivity contribution in [1.29, 1.82) is 0 Å². The third-order valence-corrected chi connectivity index (χ3v) is 3.32. The lowest BCUT2D eigenvalue weighted by atomic mass is 10.2. The molecule has 124 valence electrons. The van der Waals surface area contributed by atoms with Crippen LogP contribution in [0, 0.1) is 5.92 Å². The molecule has 1 aromatic rings. The number of carbonyl (C=O) groups excluding carboxylic acids is 1. The van der Waals surface area contributed by atoms with Crippen LogP contribution >= 0.6 is 0 Å². The molecule has 0 aliphatic heterocycles. The van der Waals surface area contributed by atoms with Crippen molar-refractivity contribution in [2.75, 3.05) is 38.1 Å². The van der Waals surface area contributed by atoms with Crippen LogP contribution in [0.5, 0.6) is 5.75 Å². The fourth-order valence-corrected chi connectivity index (χ4v) is 1.99. The minimum atomic E-state index is -0.201. The van der Waals surface area contributed by atoms with Crippen molar-refractivity contribution < 1.29 is 9.53 Å². The minimum Gasteiger partial charge on any atom is -0.491 e. The predicted molar refractivity (Wildman–Crippen MR) is 91.6 cm³/mol. The third kappa shape index (κ3) is 6.80. The monoisotopic (exact) mass is 307 g/mol. The maximum Gasteiger partial charge on any atom is 0.319 e. The molecule has 0 aromatic heterocycles. The van der Waals surface area contributed by atoms with Crippen molar-refractivity contribution in [3.63, 3.8) is 0 Å². The van der Waals surface area contributed by atoms with Crippen LogP contribution in [0.3, 0.4) is 0 Å². The summed E-state index contributed by atoms with van der Waals surface area (Å²) in [5.74, 6) is 1.14. The van der Waals surface area contributed by atoms with Crippen LogP contribution in [0.1, 0.15) is 27.7 Å². The zero-order valence-corrected chi connectivity index (χ0v) is 14.2. The smallest absolute Gasteiger partial charge is 0.319 e. The molecule has 0 aliphatic rings. The summed E-state index contributed by atoms with van der Waals surface area (Å²) < 4.78 is 5.73. The van der Waals surface area contributed by atoms with Crippen molar-refractivity contribution in [3.8, 4) is 5.75 Å². The van der Waals surface area contributed by atoms with E-state index in [1.54, 1.807) is 0 Å². The summed E-state index contributed by atoms with van der Waals surface area (Å²) in [6.45, 7) is 12.5. The Labute approximate surface area is 134 Å². The summed E-state index contributed by atoms with van der Waals surface area (Å²) in [5.41, 5.74) is 0.698. The van der Waals surface area contributed by atoms with Gasteiger partial charge >= 0.3 is 6.03 Å². The Kier molecular flexibility index (Phi) is 8.36. The predicted octanol–water partition coefficient (Wildman–Crippen LogP) is 3.18. The van der Waals surface area contributed by atoms with Gasteiger partial charge in [0.2, 0.25) is 0 Å². The van der Waals surface area contributed by atoms with Crippen molar-refractivity contribution in [3.05, 3.63) is 24.3 Å². The van der Waals surface area contributed by atoms with Gasteiger partial charge in [-0.3, -0.25) is 0 Å². The fraction of sp³-hybridized carbons (Fsp3) is 0.588. The molecule has 0 radical (unpaired) electrons. The first-order valence-electron chi connectivity index (χ1n) is 8.05. The summed E-state index contributed by atoms with van der Waals surface area (Å²) in [4.78, 5) is 14.2. The highest BCUT2D eigenvalue weighted by Gasteiger charge is 2.08. The summed E-state index contributed by atoms with van der Waals surface area (Å²) in [7, 11) is 0. The zero-order valence-electron chi connectivity index (χ0n) is 14.2. The average Bonchev–Trinajstić information content (AvgIpc) is 2.50. The number of likely N-dealkylation sites (N-methyl/N-ethyl adjacent to an activating group) is 1. The van der Waals surface area contributed by atoms with Gasteiger partial charge in [0.05, 0.1) is 12.3 Å². The van der Waals surface area contributed by atoms with E-state index in [2.05, 4.69) is 43.2 Å². The molecule has 0 saturated carbocycles. The second kappa shape index (κ2) is 10.1.